The highest BCUT2D eigenvalue weighted by atomic mass is 32.4. The van der Waals surface area contributed by atoms with Gasteiger partial charge in [0.15, 0.2) is 0 Å². The van der Waals surface area contributed by atoms with Gasteiger partial charge in [0, 0.05) is 33.9 Å². The summed E-state index contributed by atoms with van der Waals surface area (Å²) in [6.07, 6.45) is 0.154. The van der Waals surface area contributed by atoms with Gasteiger partial charge in [0.25, 0.3) is 0 Å². The summed E-state index contributed by atoms with van der Waals surface area (Å²) in [6.45, 7) is 9.70. The maximum Gasteiger partial charge on any atom is 0.667 e. The van der Waals surface area contributed by atoms with E-state index in [1.54, 1.807) is 41.8 Å². The minimum Gasteiger partial charge on any atom is -0.448 e. The van der Waals surface area contributed by atoms with E-state index in [9.17, 15) is 13.2 Å². The van der Waals surface area contributed by atoms with E-state index in [-0.39, 0.29) is 26.4 Å². The number of carbonyl (C=O) groups is 1. The molecule has 0 fully saturated rings. The molecule has 0 aliphatic carbocycles. The van der Waals surface area contributed by atoms with Gasteiger partial charge < -0.3 is 18.0 Å². The minimum atomic E-state index is -3.96. The van der Waals surface area contributed by atoms with Crippen LogP contribution < -0.4 is 10.9 Å². The zero-order valence-electron chi connectivity index (χ0n) is 17.4. The average molecular weight is 434 g/mol. The molecule has 0 unspecified atom stereocenters. The molecule has 0 saturated heterocycles. The van der Waals surface area contributed by atoms with E-state index in [1.807, 2.05) is 6.92 Å². The highest BCUT2D eigenvalue weighted by Gasteiger charge is 2.58. The van der Waals surface area contributed by atoms with Crippen molar-refractivity contribution in [1.29, 1.82) is 0 Å². The number of nitrogens with one attached hydrogen (secondary N) is 2. The molecule has 0 aromatic carbocycles. The molecule has 0 aliphatic heterocycles. The largest absolute Gasteiger partial charge is 0.667 e. The Balaban J connectivity index is 0. The highest BCUT2D eigenvalue weighted by Crippen LogP contribution is 2.20. The third kappa shape index (κ3) is 10.3. The van der Waals surface area contributed by atoms with Crippen LogP contribution in [0, 0.1) is 0 Å². The maximum atomic E-state index is 12.0. The molecular formula is C14H35N3O8SSi. The molecule has 0 aromatic heterocycles. The average Bonchev–Trinajstić information content (AvgIpc) is 2.62. The zero-order chi connectivity index (χ0) is 21.3. The molecule has 0 heterocycles. The smallest absolute Gasteiger partial charge is 0.448 e. The minimum absolute atomic E-state index is 0.101. The normalized spacial score (nSPS) is 11.5. The third-order valence-electron chi connectivity index (χ3n) is 2.61. The Labute approximate surface area is 163 Å². The van der Waals surface area contributed by atoms with Crippen LogP contribution in [0.5, 0.6) is 0 Å². The Kier molecular flexibility index (Phi) is 17.0. The lowest BCUT2D eigenvalue weighted by Crippen LogP contribution is -2.54. The Morgan fingerprint density at radius 2 is 1.33 bits per heavy atom. The summed E-state index contributed by atoms with van der Waals surface area (Å²) >= 11 is 0. The zero-order valence-corrected chi connectivity index (χ0v) is 19.2. The fraction of sp³-hybridized carbons (Fsp3) is 0.929. The van der Waals surface area contributed by atoms with Crippen molar-refractivity contribution in [3.05, 3.63) is 0 Å². The molecule has 0 atom stereocenters. The van der Waals surface area contributed by atoms with Gasteiger partial charge in [-0.2, -0.15) is 13.5 Å². The molecule has 164 valence electrons. The van der Waals surface area contributed by atoms with Gasteiger partial charge in [-0.15, -0.1) is 0 Å². The van der Waals surface area contributed by atoms with Crippen molar-refractivity contribution in [3.8, 4) is 0 Å². The molecule has 0 bridgehead atoms. The van der Waals surface area contributed by atoms with Gasteiger partial charge >= 0.3 is 23.6 Å². The van der Waals surface area contributed by atoms with Gasteiger partial charge in [0.05, 0.1) is 13.2 Å². The van der Waals surface area contributed by atoms with Crippen LogP contribution in [-0.2, 0) is 31.8 Å². The SMILES string of the molecule is CCCOS(=O)(=O)[Si](OCC)(OCC)OCC.CCOC(=O)N(NC)NC. The lowest BCUT2D eigenvalue weighted by Gasteiger charge is -2.26. The fourth-order valence-electron chi connectivity index (χ4n) is 1.62. The molecule has 0 radical (unpaired) electrons. The van der Waals surface area contributed by atoms with Gasteiger partial charge in [0.2, 0.25) is 0 Å². The Bertz CT molecular complexity index is 460. The maximum absolute atomic E-state index is 12.0. The van der Waals surface area contributed by atoms with Crippen LogP contribution >= 0.6 is 0 Å². The second-order valence-corrected chi connectivity index (χ2v) is 10.6. The quantitative estimate of drug-likeness (QED) is 0.321. The monoisotopic (exact) mass is 433 g/mol. The predicted octanol–water partition coefficient (Wildman–Crippen LogP) is 1.00. The molecule has 0 spiro atoms. The van der Waals surface area contributed by atoms with Crippen LogP contribution in [0.25, 0.3) is 0 Å². The van der Waals surface area contributed by atoms with Crippen molar-refractivity contribution in [1.82, 2.24) is 16.0 Å². The molecule has 0 saturated carbocycles. The third-order valence-corrected chi connectivity index (χ3v) is 8.88. The summed E-state index contributed by atoms with van der Waals surface area (Å²) < 4.78 is 49.4. The Morgan fingerprint density at radius 3 is 1.63 bits per heavy atom. The molecule has 2 N–H and O–H groups in total. The summed E-state index contributed by atoms with van der Waals surface area (Å²) in [5.74, 6) is 0. The first kappa shape index (κ1) is 28.4. The second-order valence-electron chi connectivity index (χ2n) is 4.56. The first-order valence-corrected chi connectivity index (χ1v) is 12.7. The predicted molar refractivity (Wildman–Crippen MR) is 103 cm³/mol. The molecular weight excluding hydrogens is 398 g/mol. The first-order valence-electron chi connectivity index (χ1n) is 8.87. The molecule has 1 amide bonds. The summed E-state index contributed by atoms with van der Waals surface area (Å²) in [4.78, 5) is 10.8. The summed E-state index contributed by atoms with van der Waals surface area (Å²) in [5, 5.41) is 1.14. The molecule has 0 aromatic rings. The fourth-order valence-corrected chi connectivity index (χ4v) is 6.94. The van der Waals surface area contributed by atoms with Crippen LogP contribution in [0.3, 0.4) is 0 Å². The summed E-state index contributed by atoms with van der Waals surface area (Å²) in [7, 11) is -4.53. The Morgan fingerprint density at radius 1 is 0.889 bits per heavy atom. The molecule has 13 heteroatoms. The molecule has 0 aliphatic rings. The van der Waals surface area contributed by atoms with Gasteiger partial charge in [-0.1, -0.05) is 6.92 Å². The van der Waals surface area contributed by atoms with Crippen molar-refractivity contribution >= 4 is 23.6 Å². The number of hydrogen-bond donors (Lipinski definition) is 2. The molecule has 0 rings (SSSR count). The molecule has 27 heavy (non-hydrogen) atoms. The second kappa shape index (κ2) is 16.2. The van der Waals surface area contributed by atoms with E-state index in [0.29, 0.717) is 13.0 Å². The standard InChI is InChI=1S/C9H22O6SSi.C5H13N3O2/c1-5-9-12-16(10,11)17(13-6-2,14-7-3)15-8-4;1-4-10-5(9)8(6-2)7-3/h5-9H2,1-4H3;6-7H,4H2,1-3H3. The lowest BCUT2D eigenvalue weighted by atomic mass is 10.5. The number of amides is 1. The highest BCUT2D eigenvalue weighted by molar-refractivity contribution is 8.16. The van der Waals surface area contributed by atoms with E-state index in [0.717, 1.165) is 5.12 Å². The number of carbonyl (C=O) groups excluding carboxylic acids is 1. The van der Waals surface area contributed by atoms with E-state index in [4.69, 9.17) is 17.5 Å². The van der Waals surface area contributed by atoms with Crippen molar-refractivity contribution in [2.24, 2.45) is 0 Å². The van der Waals surface area contributed by atoms with E-state index in [1.165, 1.54) is 0 Å². The van der Waals surface area contributed by atoms with Crippen molar-refractivity contribution in [3.63, 3.8) is 0 Å². The van der Waals surface area contributed by atoms with Gasteiger partial charge in [-0.05, 0) is 34.1 Å². The summed E-state index contributed by atoms with van der Waals surface area (Å²) in [6, 6.07) is 0. The van der Waals surface area contributed by atoms with Crippen LogP contribution in [0.1, 0.15) is 41.0 Å². The number of nitrogens with zero attached hydrogens (tertiary/aromatic N) is 1. The van der Waals surface area contributed by atoms with E-state index >= 15 is 0 Å². The molecule has 11 nitrogen and oxygen atoms in total. The first-order chi connectivity index (χ1) is 12.7. The van der Waals surface area contributed by atoms with Crippen LogP contribution in [-0.4, -0.2) is 74.7 Å². The van der Waals surface area contributed by atoms with E-state index in [2.05, 4.69) is 15.6 Å². The van der Waals surface area contributed by atoms with Crippen molar-refractivity contribution in [2.45, 2.75) is 41.0 Å². The summed E-state index contributed by atoms with van der Waals surface area (Å²) in [5.41, 5.74) is 5.17. The van der Waals surface area contributed by atoms with Crippen molar-refractivity contribution in [2.75, 3.05) is 47.1 Å². The van der Waals surface area contributed by atoms with Crippen LogP contribution in [0.4, 0.5) is 4.79 Å². The van der Waals surface area contributed by atoms with Crippen LogP contribution in [0.2, 0.25) is 0 Å². The van der Waals surface area contributed by atoms with Gasteiger partial charge in [-0.25, -0.2) is 15.6 Å². The topological polar surface area (TPSA) is 125 Å². The van der Waals surface area contributed by atoms with Crippen LogP contribution in [0.15, 0.2) is 0 Å². The van der Waals surface area contributed by atoms with Gasteiger partial charge in [0.1, 0.15) is 0 Å². The Hall–Kier alpha value is -0.803. The van der Waals surface area contributed by atoms with Crippen molar-refractivity contribution < 1.29 is 35.4 Å². The lowest BCUT2D eigenvalue weighted by molar-refractivity contribution is 0.0710. The number of hydrazine groups is 2. The number of hydrogen-bond acceptors (Lipinski definition) is 10. The number of rotatable bonds is 13. The number of ether oxygens (including phenoxy) is 1. The van der Waals surface area contributed by atoms with Gasteiger partial charge in [-0.3, -0.25) is 4.18 Å². The van der Waals surface area contributed by atoms with E-state index < -0.39 is 23.6 Å².